The van der Waals surface area contributed by atoms with Crippen molar-refractivity contribution in [3.05, 3.63) is 40.6 Å². The summed E-state index contributed by atoms with van der Waals surface area (Å²) in [6.07, 6.45) is 6.87. The van der Waals surface area contributed by atoms with Gasteiger partial charge in [0, 0.05) is 11.6 Å². The molecule has 1 spiro atoms. The maximum atomic E-state index is 14.9. The molecular weight excluding hydrogens is 459 g/mol. The zero-order chi connectivity index (χ0) is 24.3. The molecule has 2 aliphatic carbocycles. The summed E-state index contributed by atoms with van der Waals surface area (Å²) in [5.74, 6) is -0.656. The fourth-order valence-electron chi connectivity index (χ4n) is 5.31. The zero-order valence-electron chi connectivity index (χ0n) is 19.1. The van der Waals surface area contributed by atoms with Gasteiger partial charge in [-0.05, 0) is 63.0 Å². The molecule has 0 unspecified atom stereocenters. The van der Waals surface area contributed by atoms with Crippen molar-refractivity contribution in [2.24, 2.45) is 11.3 Å². The second-order valence-electron chi connectivity index (χ2n) is 9.87. The molecule has 2 fully saturated rings. The summed E-state index contributed by atoms with van der Waals surface area (Å²) in [5, 5.41) is 0. The third kappa shape index (κ3) is 4.02. The second kappa shape index (κ2) is 8.00. The highest BCUT2D eigenvalue weighted by Crippen LogP contribution is 2.58. The predicted molar refractivity (Wildman–Crippen MR) is 128 cm³/mol. The van der Waals surface area contributed by atoms with Gasteiger partial charge in [0.05, 0.1) is 17.6 Å². The number of nitrogens with two attached hydrogens (primary N) is 1. The van der Waals surface area contributed by atoms with Crippen LogP contribution < -0.4 is 16.0 Å². The highest BCUT2D eigenvalue weighted by atomic mass is 32.2. The number of sulfonamides is 1. The molecule has 0 saturated heterocycles. The number of nitrogen functional groups attached to an aromatic ring is 1. The molecule has 1 aromatic carbocycles. The number of aromatic nitrogens is 4. The van der Waals surface area contributed by atoms with E-state index in [1.807, 2.05) is 13.8 Å². The van der Waals surface area contributed by atoms with Crippen LogP contribution in [0.2, 0.25) is 0 Å². The lowest BCUT2D eigenvalue weighted by atomic mass is 9.52. The molecule has 34 heavy (non-hydrogen) atoms. The molecule has 11 heteroatoms. The summed E-state index contributed by atoms with van der Waals surface area (Å²) in [4.78, 5) is 25.6. The molecule has 2 heterocycles. The quantitative estimate of drug-likeness (QED) is 0.545. The molecule has 2 saturated carbocycles. The van der Waals surface area contributed by atoms with E-state index in [4.69, 9.17) is 5.73 Å². The summed E-state index contributed by atoms with van der Waals surface area (Å²) in [5.41, 5.74) is 6.32. The van der Waals surface area contributed by atoms with Gasteiger partial charge in [0.25, 0.3) is 5.56 Å². The minimum Gasteiger partial charge on any atom is -0.368 e. The van der Waals surface area contributed by atoms with E-state index in [2.05, 4.69) is 19.7 Å². The largest absolute Gasteiger partial charge is 0.368 e. The van der Waals surface area contributed by atoms with Gasteiger partial charge >= 0.3 is 0 Å². The van der Waals surface area contributed by atoms with Gasteiger partial charge < -0.3 is 5.73 Å². The molecule has 2 aliphatic rings. The van der Waals surface area contributed by atoms with Crippen LogP contribution in [-0.4, -0.2) is 33.7 Å². The van der Waals surface area contributed by atoms with Gasteiger partial charge in [-0.3, -0.25) is 14.1 Å². The fourth-order valence-corrected chi connectivity index (χ4v) is 6.75. The monoisotopic (exact) mass is 486 g/mol. The van der Waals surface area contributed by atoms with Gasteiger partial charge in [0.2, 0.25) is 16.0 Å². The maximum Gasteiger partial charge on any atom is 0.278 e. The summed E-state index contributed by atoms with van der Waals surface area (Å²) in [7, 11) is -3.69. The van der Waals surface area contributed by atoms with Gasteiger partial charge in [0.15, 0.2) is 5.65 Å². The van der Waals surface area contributed by atoms with Gasteiger partial charge in [0.1, 0.15) is 17.0 Å². The van der Waals surface area contributed by atoms with E-state index in [0.29, 0.717) is 16.6 Å². The summed E-state index contributed by atoms with van der Waals surface area (Å²) in [6, 6.07) is 3.66. The van der Waals surface area contributed by atoms with Crippen LogP contribution in [0.25, 0.3) is 22.4 Å². The van der Waals surface area contributed by atoms with E-state index in [9.17, 15) is 17.6 Å². The lowest BCUT2D eigenvalue weighted by molar-refractivity contribution is -0.0146. The lowest BCUT2D eigenvalue weighted by Crippen LogP contribution is -2.45. The van der Waals surface area contributed by atoms with Crippen molar-refractivity contribution < 1.29 is 12.8 Å². The van der Waals surface area contributed by atoms with E-state index in [1.54, 1.807) is 0 Å². The standard InChI is InChI=1S/C23H27FN6O3S/c1-13(2)30-20-18(11-26-22(25)28-20)27-19(21(30)31)15-4-5-17(16(24)8-15)29-34(32,33)12-14-9-23(10-14)6-3-7-23/h4-5,8,11,13-14,29H,3,6-7,9-10,12H2,1-2H3,(H2,25,26,28). The fraction of sp³-hybridized carbons (Fsp3) is 0.478. The number of benzene rings is 1. The highest BCUT2D eigenvalue weighted by Gasteiger charge is 2.48. The third-order valence-electron chi connectivity index (χ3n) is 6.99. The van der Waals surface area contributed by atoms with E-state index in [1.165, 1.54) is 42.2 Å². The van der Waals surface area contributed by atoms with Crippen LogP contribution in [0.1, 0.15) is 52.0 Å². The molecule has 0 bridgehead atoms. The first-order valence-electron chi connectivity index (χ1n) is 11.4. The van der Waals surface area contributed by atoms with Crippen LogP contribution in [0.4, 0.5) is 16.0 Å². The topological polar surface area (TPSA) is 133 Å². The van der Waals surface area contributed by atoms with Crippen LogP contribution in [0.5, 0.6) is 0 Å². The van der Waals surface area contributed by atoms with E-state index < -0.39 is 21.4 Å². The van der Waals surface area contributed by atoms with Crippen molar-refractivity contribution in [1.29, 1.82) is 0 Å². The Labute approximate surface area is 196 Å². The van der Waals surface area contributed by atoms with Crippen LogP contribution in [0, 0.1) is 17.2 Å². The first-order valence-corrected chi connectivity index (χ1v) is 13.1. The van der Waals surface area contributed by atoms with E-state index in [0.717, 1.165) is 18.9 Å². The van der Waals surface area contributed by atoms with Gasteiger partial charge in [-0.1, -0.05) is 12.5 Å². The Balaban J connectivity index is 1.42. The molecule has 3 aromatic rings. The second-order valence-corrected chi connectivity index (χ2v) is 11.6. The van der Waals surface area contributed by atoms with Gasteiger partial charge in [-0.2, -0.15) is 4.98 Å². The summed E-state index contributed by atoms with van der Waals surface area (Å²) < 4.78 is 44.0. The number of nitrogens with zero attached hydrogens (tertiary/aromatic N) is 4. The molecular formula is C23H27FN6O3S. The zero-order valence-corrected chi connectivity index (χ0v) is 19.9. The Bertz CT molecular complexity index is 1440. The Hall–Kier alpha value is -3.08. The maximum absolute atomic E-state index is 14.9. The normalized spacial score (nSPS) is 17.6. The lowest BCUT2D eigenvalue weighted by Gasteiger charge is -2.54. The first-order chi connectivity index (χ1) is 16.1. The number of hydrogen-bond acceptors (Lipinski definition) is 7. The van der Waals surface area contributed by atoms with E-state index in [-0.39, 0.29) is 40.6 Å². The SMILES string of the molecule is CC(C)n1c(=O)c(-c2ccc(NS(=O)(=O)CC3CC4(CCC4)C3)c(F)c2)nc2cnc(N)nc21. The van der Waals surface area contributed by atoms with Crippen molar-refractivity contribution in [2.75, 3.05) is 16.2 Å². The summed E-state index contributed by atoms with van der Waals surface area (Å²) in [6.45, 7) is 3.63. The Morgan fingerprint density at radius 2 is 2.00 bits per heavy atom. The molecule has 0 radical (unpaired) electrons. The smallest absolute Gasteiger partial charge is 0.278 e. The average Bonchev–Trinajstić information content (AvgIpc) is 2.69. The van der Waals surface area contributed by atoms with Crippen molar-refractivity contribution in [3.8, 4) is 11.3 Å². The number of rotatable bonds is 6. The molecule has 9 nitrogen and oxygen atoms in total. The number of anilines is 2. The minimum absolute atomic E-state index is 0.00952. The molecule has 0 aliphatic heterocycles. The van der Waals surface area contributed by atoms with Gasteiger partial charge in [-0.15, -0.1) is 0 Å². The Kier molecular flexibility index (Phi) is 5.34. The Morgan fingerprint density at radius 3 is 2.62 bits per heavy atom. The highest BCUT2D eigenvalue weighted by molar-refractivity contribution is 7.92. The minimum atomic E-state index is -3.69. The average molecular weight is 487 g/mol. The predicted octanol–water partition coefficient (Wildman–Crippen LogP) is 3.48. The van der Waals surface area contributed by atoms with Crippen molar-refractivity contribution in [2.45, 2.75) is 52.0 Å². The third-order valence-corrected chi connectivity index (χ3v) is 8.43. The summed E-state index contributed by atoms with van der Waals surface area (Å²) >= 11 is 0. The first kappa shape index (κ1) is 22.7. The van der Waals surface area contributed by atoms with Crippen LogP contribution in [0.15, 0.2) is 29.2 Å². The molecule has 180 valence electrons. The van der Waals surface area contributed by atoms with Crippen LogP contribution >= 0.6 is 0 Å². The number of halogens is 1. The van der Waals surface area contributed by atoms with Gasteiger partial charge in [-0.25, -0.2) is 22.8 Å². The Morgan fingerprint density at radius 1 is 1.26 bits per heavy atom. The van der Waals surface area contributed by atoms with Crippen molar-refractivity contribution in [3.63, 3.8) is 0 Å². The molecule has 3 N–H and O–H groups in total. The van der Waals surface area contributed by atoms with E-state index >= 15 is 0 Å². The molecule has 2 aromatic heterocycles. The molecule has 0 amide bonds. The number of hydrogen-bond donors (Lipinski definition) is 2. The number of fused-ring (bicyclic) bond motifs is 1. The van der Waals surface area contributed by atoms with Crippen molar-refractivity contribution in [1.82, 2.24) is 19.5 Å². The van der Waals surface area contributed by atoms with Crippen molar-refractivity contribution >= 4 is 32.8 Å². The molecule has 5 rings (SSSR count). The number of nitrogens with one attached hydrogen (secondary N) is 1. The molecule has 0 atom stereocenters. The van der Waals surface area contributed by atoms with Crippen LogP contribution in [0.3, 0.4) is 0 Å². The van der Waals surface area contributed by atoms with Crippen LogP contribution in [-0.2, 0) is 10.0 Å².